The van der Waals surface area contributed by atoms with E-state index in [1.54, 1.807) is 19.1 Å². The molecule has 6 nitrogen and oxygen atoms in total. The van der Waals surface area contributed by atoms with Crippen LogP contribution < -0.4 is 14.8 Å². The molecular weight excluding hydrogens is 461 g/mol. The van der Waals surface area contributed by atoms with E-state index in [1.165, 1.54) is 7.11 Å². The Morgan fingerprint density at radius 3 is 2.59 bits per heavy atom. The van der Waals surface area contributed by atoms with E-state index in [9.17, 15) is 22.0 Å². The number of aromatic nitrogens is 2. The van der Waals surface area contributed by atoms with Crippen molar-refractivity contribution in [2.45, 2.75) is 26.1 Å². The first-order valence-corrected chi connectivity index (χ1v) is 10.5. The van der Waals surface area contributed by atoms with Crippen LogP contribution in [0.1, 0.15) is 23.4 Å². The van der Waals surface area contributed by atoms with Gasteiger partial charge in [-0.2, -0.15) is 13.2 Å². The van der Waals surface area contributed by atoms with Gasteiger partial charge in [0, 0.05) is 36.1 Å². The number of hydrogen-bond donors (Lipinski definition) is 1. The highest BCUT2D eigenvalue weighted by atomic mass is 19.4. The van der Waals surface area contributed by atoms with Gasteiger partial charge >= 0.3 is 6.18 Å². The van der Waals surface area contributed by atoms with Gasteiger partial charge in [-0.05, 0) is 31.5 Å². The maximum absolute atomic E-state index is 14.4. The third-order valence-corrected chi connectivity index (χ3v) is 5.46. The van der Waals surface area contributed by atoms with Gasteiger partial charge in [0.15, 0.2) is 11.5 Å². The number of nitrogens with zero attached hydrogens (tertiary/aromatic N) is 2. The summed E-state index contributed by atoms with van der Waals surface area (Å²) in [7, 11) is 1.49. The Hall–Kier alpha value is -3.21. The first-order valence-electron chi connectivity index (χ1n) is 10.5. The first kappa shape index (κ1) is 23.9. The fourth-order valence-electron chi connectivity index (χ4n) is 3.74. The van der Waals surface area contributed by atoms with Crippen molar-refractivity contribution in [1.29, 1.82) is 0 Å². The summed E-state index contributed by atoms with van der Waals surface area (Å²) in [6.45, 7) is 2.89. The summed E-state index contributed by atoms with van der Waals surface area (Å²) in [6, 6.07) is 4.15. The van der Waals surface area contributed by atoms with E-state index in [0.717, 1.165) is 12.5 Å². The third kappa shape index (κ3) is 5.14. The second-order valence-electron chi connectivity index (χ2n) is 7.96. The fourth-order valence-corrected chi connectivity index (χ4v) is 3.74. The highest BCUT2D eigenvalue weighted by Gasteiger charge is 2.35. The molecule has 11 heteroatoms. The van der Waals surface area contributed by atoms with Crippen LogP contribution in [0.25, 0.3) is 10.9 Å². The van der Waals surface area contributed by atoms with Gasteiger partial charge in [-0.3, -0.25) is 0 Å². The first-order chi connectivity index (χ1) is 16.2. The second kappa shape index (κ2) is 9.57. The fraction of sp³-hybridized carbons (Fsp3) is 0.391. The zero-order valence-electron chi connectivity index (χ0n) is 18.4. The monoisotopic (exact) mass is 483 g/mol. The third-order valence-electron chi connectivity index (χ3n) is 5.46. The molecule has 0 unspecified atom stereocenters. The number of aryl methyl sites for hydroxylation is 1. The highest BCUT2D eigenvalue weighted by Crippen LogP contribution is 2.36. The van der Waals surface area contributed by atoms with Gasteiger partial charge in [-0.15, -0.1) is 0 Å². The number of alkyl halides is 3. The standard InChI is InChI=1S/C23H22F5N3O3/c1-12-30-18-8-19(32-2)20(34-11-13-3-4-33-10-13)7-16(18)22(31-12)29-9-14-5-15(24)6-17(21(14)25)23(26,27)28/h5-8,13H,3-4,9-11H2,1-2H3,(H,29,30,31)/t13-/m0/s1. The summed E-state index contributed by atoms with van der Waals surface area (Å²) in [4.78, 5) is 8.66. The van der Waals surface area contributed by atoms with Gasteiger partial charge in [0.05, 0.1) is 31.4 Å². The lowest BCUT2D eigenvalue weighted by Crippen LogP contribution is -2.13. The average Bonchev–Trinajstić information content (AvgIpc) is 3.30. The molecule has 1 fully saturated rings. The molecule has 1 saturated heterocycles. The van der Waals surface area contributed by atoms with Crippen LogP contribution in [0.15, 0.2) is 24.3 Å². The number of fused-ring (bicyclic) bond motifs is 1. The summed E-state index contributed by atoms with van der Waals surface area (Å²) in [5.41, 5.74) is -1.66. The number of methoxy groups -OCH3 is 1. The number of ether oxygens (including phenoxy) is 3. The largest absolute Gasteiger partial charge is 0.493 e. The van der Waals surface area contributed by atoms with Crippen molar-refractivity contribution in [3.8, 4) is 11.5 Å². The van der Waals surface area contributed by atoms with Crippen LogP contribution in [0.3, 0.4) is 0 Å². The summed E-state index contributed by atoms with van der Waals surface area (Å²) < 4.78 is 84.1. The Kier molecular flexibility index (Phi) is 6.74. The number of benzene rings is 2. The van der Waals surface area contributed by atoms with E-state index in [0.29, 0.717) is 48.0 Å². The van der Waals surface area contributed by atoms with Crippen molar-refractivity contribution >= 4 is 16.7 Å². The average molecular weight is 483 g/mol. The van der Waals surface area contributed by atoms with Crippen LogP contribution in [-0.4, -0.2) is 36.9 Å². The van der Waals surface area contributed by atoms with E-state index in [-0.39, 0.29) is 17.8 Å². The number of anilines is 1. The predicted molar refractivity (Wildman–Crippen MR) is 114 cm³/mol. The van der Waals surface area contributed by atoms with Crippen LogP contribution in [0.5, 0.6) is 11.5 Å². The van der Waals surface area contributed by atoms with Crippen molar-refractivity contribution in [1.82, 2.24) is 9.97 Å². The molecule has 3 aromatic rings. The van der Waals surface area contributed by atoms with E-state index in [4.69, 9.17) is 14.2 Å². The van der Waals surface area contributed by atoms with Crippen molar-refractivity contribution in [2.24, 2.45) is 5.92 Å². The Morgan fingerprint density at radius 1 is 1.12 bits per heavy atom. The van der Waals surface area contributed by atoms with E-state index in [2.05, 4.69) is 15.3 Å². The SMILES string of the molecule is COc1cc2nc(C)nc(NCc3cc(F)cc(C(F)(F)F)c3F)c2cc1OC[C@H]1CCOC1. The van der Waals surface area contributed by atoms with Crippen LogP contribution >= 0.6 is 0 Å². The quantitative estimate of drug-likeness (QED) is 0.462. The Morgan fingerprint density at radius 2 is 1.91 bits per heavy atom. The predicted octanol–water partition coefficient (Wildman–Crippen LogP) is 5.27. The number of rotatable bonds is 7. The minimum absolute atomic E-state index is 0.133. The van der Waals surface area contributed by atoms with Crippen molar-refractivity contribution in [3.63, 3.8) is 0 Å². The normalized spacial score (nSPS) is 16.1. The summed E-state index contributed by atoms with van der Waals surface area (Å²) >= 11 is 0. The van der Waals surface area contributed by atoms with Gasteiger partial charge in [0.2, 0.25) is 0 Å². The zero-order valence-corrected chi connectivity index (χ0v) is 18.4. The van der Waals surface area contributed by atoms with Gasteiger partial charge in [0.1, 0.15) is 23.3 Å². The van der Waals surface area contributed by atoms with E-state index in [1.807, 2.05) is 0 Å². The van der Waals surface area contributed by atoms with Gasteiger partial charge in [0.25, 0.3) is 0 Å². The molecule has 2 heterocycles. The molecule has 0 bridgehead atoms. The zero-order chi connectivity index (χ0) is 24.5. The van der Waals surface area contributed by atoms with E-state index >= 15 is 0 Å². The van der Waals surface area contributed by atoms with Crippen molar-refractivity contribution in [3.05, 3.63) is 52.9 Å². The minimum atomic E-state index is -5.02. The molecule has 0 spiro atoms. The minimum Gasteiger partial charge on any atom is -0.493 e. The smallest absolute Gasteiger partial charge is 0.419 e. The summed E-state index contributed by atoms with van der Waals surface area (Å²) in [5.74, 6) is -1.02. The number of halogens is 5. The maximum Gasteiger partial charge on any atom is 0.419 e. The van der Waals surface area contributed by atoms with Crippen LogP contribution in [0, 0.1) is 24.5 Å². The van der Waals surface area contributed by atoms with Crippen molar-refractivity contribution in [2.75, 3.05) is 32.2 Å². The van der Waals surface area contributed by atoms with Crippen LogP contribution in [0.4, 0.5) is 27.8 Å². The lowest BCUT2D eigenvalue weighted by Gasteiger charge is -2.16. The molecule has 1 aliphatic heterocycles. The lowest BCUT2D eigenvalue weighted by atomic mass is 10.1. The molecule has 1 aromatic heterocycles. The van der Waals surface area contributed by atoms with Crippen LogP contribution in [-0.2, 0) is 17.5 Å². The number of hydrogen-bond acceptors (Lipinski definition) is 6. The molecule has 0 amide bonds. The Balaban J connectivity index is 1.66. The Labute approximate surface area is 192 Å². The molecular formula is C23H22F5N3O3. The number of nitrogens with one attached hydrogen (secondary N) is 1. The molecule has 4 rings (SSSR count). The molecule has 1 aliphatic rings. The van der Waals surface area contributed by atoms with Gasteiger partial charge in [-0.1, -0.05) is 0 Å². The van der Waals surface area contributed by atoms with Gasteiger partial charge in [-0.25, -0.2) is 18.7 Å². The Bertz CT molecular complexity index is 1200. The van der Waals surface area contributed by atoms with E-state index < -0.39 is 35.5 Å². The summed E-state index contributed by atoms with van der Waals surface area (Å²) in [6.07, 6.45) is -4.14. The second-order valence-corrected chi connectivity index (χ2v) is 7.96. The van der Waals surface area contributed by atoms with Gasteiger partial charge < -0.3 is 19.5 Å². The molecule has 1 N–H and O–H groups in total. The lowest BCUT2D eigenvalue weighted by molar-refractivity contribution is -0.140. The molecule has 34 heavy (non-hydrogen) atoms. The molecule has 0 aliphatic carbocycles. The topological polar surface area (TPSA) is 65.5 Å². The van der Waals surface area contributed by atoms with Crippen LogP contribution in [0.2, 0.25) is 0 Å². The maximum atomic E-state index is 14.4. The van der Waals surface area contributed by atoms with Crippen molar-refractivity contribution < 1.29 is 36.2 Å². The molecule has 0 saturated carbocycles. The molecule has 1 atom stereocenters. The molecule has 182 valence electrons. The molecule has 0 radical (unpaired) electrons. The summed E-state index contributed by atoms with van der Waals surface area (Å²) in [5, 5.41) is 3.30. The highest BCUT2D eigenvalue weighted by molar-refractivity contribution is 5.91. The molecule has 2 aromatic carbocycles.